The molecule has 0 radical (unpaired) electrons. The summed E-state index contributed by atoms with van der Waals surface area (Å²) in [4.78, 5) is 24.1. The first-order chi connectivity index (χ1) is 13.8. The lowest BCUT2D eigenvalue weighted by molar-refractivity contribution is -0.137. The zero-order valence-electron chi connectivity index (χ0n) is 15.0. The molecule has 4 aromatic rings. The molecule has 7 nitrogen and oxygen atoms in total. The highest BCUT2D eigenvalue weighted by Crippen LogP contribution is 2.37. The van der Waals surface area contributed by atoms with Gasteiger partial charge in [0.1, 0.15) is 12.0 Å². The van der Waals surface area contributed by atoms with Gasteiger partial charge in [-0.05, 0) is 30.7 Å². The van der Waals surface area contributed by atoms with Gasteiger partial charge in [-0.15, -0.1) is 0 Å². The van der Waals surface area contributed by atoms with Crippen molar-refractivity contribution in [3.63, 3.8) is 0 Å². The molecular weight excluding hydrogens is 385 g/mol. The summed E-state index contributed by atoms with van der Waals surface area (Å²) in [5.41, 5.74) is 0.329. The van der Waals surface area contributed by atoms with Crippen LogP contribution < -0.4 is 5.32 Å². The summed E-state index contributed by atoms with van der Waals surface area (Å²) in [6.07, 6.45) is -0.500. The number of hydrogen-bond acceptors (Lipinski definition) is 5. The molecule has 0 atom stereocenters. The Morgan fingerprint density at radius 3 is 2.66 bits per heavy atom. The Kier molecular flexibility index (Phi) is 4.45. The molecule has 0 aliphatic carbocycles. The van der Waals surface area contributed by atoms with Gasteiger partial charge in [0.15, 0.2) is 11.5 Å². The summed E-state index contributed by atoms with van der Waals surface area (Å²) >= 11 is 0. The van der Waals surface area contributed by atoms with Crippen molar-refractivity contribution in [1.82, 2.24) is 24.6 Å². The molecule has 1 aromatic carbocycles. The lowest BCUT2D eigenvalue weighted by Crippen LogP contribution is -2.16. The van der Waals surface area contributed by atoms with Gasteiger partial charge in [0.2, 0.25) is 0 Å². The SMILES string of the molecule is Cc1cc2ncc(NC(=O)c3ccncn3)n2nc1-c1ccccc1C(F)(F)F. The number of hydrogen-bond donors (Lipinski definition) is 1. The van der Waals surface area contributed by atoms with E-state index in [1.807, 2.05) is 0 Å². The molecule has 146 valence electrons. The summed E-state index contributed by atoms with van der Waals surface area (Å²) in [5.74, 6) is -0.317. The number of halogens is 3. The van der Waals surface area contributed by atoms with E-state index in [9.17, 15) is 18.0 Å². The highest BCUT2D eigenvalue weighted by Gasteiger charge is 2.34. The molecule has 10 heteroatoms. The molecule has 0 bridgehead atoms. The molecule has 1 amide bonds. The summed E-state index contributed by atoms with van der Waals surface area (Å²) in [5, 5.41) is 6.94. The van der Waals surface area contributed by atoms with Gasteiger partial charge in [-0.2, -0.15) is 22.8 Å². The third-order valence-electron chi connectivity index (χ3n) is 4.23. The van der Waals surface area contributed by atoms with Crippen molar-refractivity contribution in [2.45, 2.75) is 13.1 Å². The van der Waals surface area contributed by atoms with Crippen LogP contribution in [0.2, 0.25) is 0 Å². The van der Waals surface area contributed by atoms with Gasteiger partial charge < -0.3 is 5.32 Å². The van der Waals surface area contributed by atoms with Gasteiger partial charge in [-0.3, -0.25) is 4.79 Å². The summed E-state index contributed by atoms with van der Waals surface area (Å²) in [7, 11) is 0. The lowest BCUT2D eigenvalue weighted by atomic mass is 10.0. The first kappa shape index (κ1) is 18.5. The Hall–Kier alpha value is -3.82. The first-order valence-electron chi connectivity index (χ1n) is 8.44. The van der Waals surface area contributed by atoms with E-state index in [-0.39, 0.29) is 22.8 Å². The predicted molar refractivity (Wildman–Crippen MR) is 98.1 cm³/mol. The zero-order chi connectivity index (χ0) is 20.6. The Morgan fingerprint density at radius 1 is 1.14 bits per heavy atom. The number of imidazole rings is 1. The number of carbonyl (C=O) groups excluding carboxylic acids is 1. The molecule has 3 heterocycles. The van der Waals surface area contributed by atoms with Crippen molar-refractivity contribution < 1.29 is 18.0 Å². The highest BCUT2D eigenvalue weighted by molar-refractivity contribution is 6.02. The molecule has 29 heavy (non-hydrogen) atoms. The minimum Gasteiger partial charge on any atom is -0.304 e. The summed E-state index contributed by atoms with van der Waals surface area (Å²) < 4.78 is 41.6. The third kappa shape index (κ3) is 3.51. The number of amides is 1. The smallest absolute Gasteiger partial charge is 0.304 e. The van der Waals surface area contributed by atoms with Crippen molar-refractivity contribution in [2.75, 3.05) is 5.32 Å². The third-order valence-corrected chi connectivity index (χ3v) is 4.23. The quantitative estimate of drug-likeness (QED) is 0.568. The number of anilines is 1. The second-order valence-corrected chi connectivity index (χ2v) is 6.18. The van der Waals surface area contributed by atoms with E-state index in [4.69, 9.17) is 0 Å². The minimum absolute atomic E-state index is 0.0545. The first-order valence-corrected chi connectivity index (χ1v) is 8.44. The van der Waals surface area contributed by atoms with Crippen LogP contribution in [-0.4, -0.2) is 30.5 Å². The molecule has 3 aromatic heterocycles. The number of nitrogens with zero attached hydrogens (tertiary/aromatic N) is 5. The molecule has 1 N–H and O–H groups in total. The van der Waals surface area contributed by atoms with Crippen molar-refractivity contribution in [3.8, 4) is 11.3 Å². The Morgan fingerprint density at radius 2 is 1.93 bits per heavy atom. The number of aromatic nitrogens is 5. The molecule has 4 rings (SSSR count). The number of aryl methyl sites for hydroxylation is 1. The largest absolute Gasteiger partial charge is 0.417 e. The Bertz CT molecular complexity index is 1200. The van der Waals surface area contributed by atoms with Crippen molar-refractivity contribution >= 4 is 17.4 Å². The number of benzene rings is 1. The second-order valence-electron chi connectivity index (χ2n) is 6.18. The van der Waals surface area contributed by atoms with Crippen molar-refractivity contribution in [2.24, 2.45) is 0 Å². The standard InChI is InChI=1S/C19H13F3N6O/c1-11-8-15-24-9-16(26-18(29)14-6-7-23-10-25-14)28(15)27-17(11)12-4-2-3-5-13(12)19(20,21)22/h2-10H,1H3,(H,26,29). The Labute approximate surface area is 162 Å². The van der Waals surface area contributed by atoms with E-state index in [1.165, 1.54) is 47.5 Å². The normalized spacial score (nSPS) is 11.6. The van der Waals surface area contributed by atoms with Crippen LogP contribution in [0.1, 0.15) is 21.6 Å². The fourth-order valence-electron chi connectivity index (χ4n) is 2.90. The second kappa shape index (κ2) is 6.97. The fraction of sp³-hybridized carbons (Fsp3) is 0.105. The summed E-state index contributed by atoms with van der Waals surface area (Å²) in [6, 6.07) is 8.25. The number of fused-ring (bicyclic) bond motifs is 1. The molecule has 0 spiro atoms. The Balaban J connectivity index is 1.80. The molecule has 0 aliphatic heterocycles. The predicted octanol–water partition coefficient (Wildman–Crippen LogP) is 3.77. The van der Waals surface area contributed by atoms with Gasteiger partial charge in [0.05, 0.1) is 17.5 Å². The molecule has 0 aliphatic rings. The van der Waals surface area contributed by atoms with Crippen molar-refractivity contribution in [1.29, 1.82) is 0 Å². The number of nitrogens with one attached hydrogen (secondary N) is 1. The molecular formula is C19H13F3N6O. The number of alkyl halides is 3. The minimum atomic E-state index is -4.53. The lowest BCUT2D eigenvalue weighted by Gasteiger charge is -2.14. The van der Waals surface area contributed by atoms with E-state index in [0.29, 0.717) is 11.2 Å². The van der Waals surface area contributed by atoms with Gasteiger partial charge in [0, 0.05) is 11.8 Å². The summed E-state index contributed by atoms with van der Waals surface area (Å²) in [6.45, 7) is 1.66. The van der Waals surface area contributed by atoms with Gasteiger partial charge in [0.25, 0.3) is 5.91 Å². The van der Waals surface area contributed by atoms with Crippen LogP contribution in [0.4, 0.5) is 19.0 Å². The zero-order valence-corrected chi connectivity index (χ0v) is 15.0. The topological polar surface area (TPSA) is 85.1 Å². The monoisotopic (exact) mass is 398 g/mol. The van der Waals surface area contributed by atoms with Crippen LogP contribution in [-0.2, 0) is 6.18 Å². The molecule has 0 unspecified atom stereocenters. The van der Waals surface area contributed by atoms with Gasteiger partial charge in [-0.1, -0.05) is 18.2 Å². The van der Waals surface area contributed by atoms with E-state index >= 15 is 0 Å². The van der Waals surface area contributed by atoms with Crippen LogP contribution in [0.3, 0.4) is 0 Å². The maximum absolute atomic E-state index is 13.4. The fourth-order valence-corrected chi connectivity index (χ4v) is 2.90. The van der Waals surface area contributed by atoms with Crippen LogP contribution in [0.5, 0.6) is 0 Å². The average molecular weight is 398 g/mol. The van der Waals surface area contributed by atoms with Crippen LogP contribution >= 0.6 is 0 Å². The molecule has 0 saturated heterocycles. The van der Waals surface area contributed by atoms with Crippen LogP contribution in [0, 0.1) is 6.92 Å². The maximum atomic E-state index is 13.4. The van der Waals surface area contributed by atoms with Gasteiger partial charge in [-0.25, -0.2) is 15.0 Å². The average Bonchev–Trinajstić information content (AvgIpc) is 3.08. The number of carbonyl (C=O) groups is 1. The maximum Gasteiger partial charge on any atom is 0.417 e. The van der Waals surface area contributed by atoms with E-state index < -0.39 is 17.6 Å². The molecule has 0 saturated carbocycles. The molecule has 0 fully saturated rings. The van der Waals surface area contributed by atoms with Crippen LogP contribution in [0.15, 0.2) is 55.1 Å². The van der Waals surface area contributed by atoms with E-state index in [0.717, 1.165) is 6.07 Å². The van der Waals surface area contributed by atoms with Crippen molar-refractivity contribution in [3.05, 3.63) is 71.9 Å². The van der Waals surface area contributed by atoms with Crippen LogP contribution in [0.25, 0.3) is 16.9 Å². The number of rotatable bonds is 3. The van der Waals surface area contributed by atoms with E-state index in [1.54, 1.807) is 13.0 Å². The van der Waals surface area contributed by atoms with E-state index in [2.05, 4.69) is 25.4 Å². The van der Waals surface area contributed by atoms with Gasteiger partial charge >= 0.3 is 6.18 Å². The highest BCUT2D eigenvalue weighted by atomic mass is 19.4.